The van der Waals surface area contributed by atoms with E-state index in [1.165, 1.54) is 0 Å². The molecule has 0 aliphatic heterocycles. The Kier molecular flexibility index (Phi) is 12.2. The molecule has 0 saturated carbocycles. The number of hydrogen-bond donors (Lipinski definition) is 2. The van der Waals surface area contributed by atoms with Crippen LogP contribution < -0.4 is 4.72 Å². The number of unbranched alkanes of at least 4 members (excludes halogenated alkanes) is 6. The minimum absolute atomic E-state index is 0.265. The van der Waals surface area contributed by atoms with Gasteiger partial charge in [0, 0.05) is 0 Å². The summed E-state index contributed by atoms with van der Waals surface area (Å²) in [5.74, 6) is 0.286. The van der Waals surface area contributed by atoms with Crippen LogP contribution in [0.5, 0.6) is 0 Å². The van der Waals surface area contributed by atoms with Crippen molar-refractivity contribution in [1.82, 2.24) is 4.72 Å². The van der Waals surface area contributed by atoms with Gasteiger partial charge < -0.3 is 5.11 Å². The fraction of sp³-hybridized carbons (Fsp3) is 0.760. The first-order valence-corrected chi connectivity index (χ1v) is 13.4. The van der Waals surface area contributed by atoms with E-state index in [0.717, 1.165) is 56.9 Å². The van der Waals surface area contributed by atoms with Gasteiger partial charge in [-0.05, 0) is 44.2 Å². The molecule has 0 aromatic heterocycles. The second-order valence-corrected chi connectivity index (χ2v) is 11.1. The van der Waals surface area contributed by atoms with Crippen LogP contribution in [-0.4, -0.2) is 25.2 Å². The van der Waals surface area contributed by atoms with Gasteiger partial charge in [0.2, 0.25) is 10.0 Å². The molecule has 30 heavy (non-hydrogen) atoms. The largest absolute Gasteiger partial charge is 0.388 e. The highest BCUT2D eigenvalue weighted by molar-refractivity contribution is 7.89. The van der Waals surface area contributed by atoms with Gasteiger partial charge >= 0.3 is 0 Å². The molecule has 174 valence electrons. The average Bonchev–Trinajstić information content (AvgIpc) is 2.68. The van der Waals surface area contributed by atoms with Gasteiger partial charge in [-0.15, -0.1) is 0 Å². The van der Waals surface area contributed by atoms with Gasteiger partial charge in [0.05, 0.1) is 16.5 Å². The maximum Gasteiger partial charge on any atom is 0.240 e. The number of sulfonamides is 1. The molecule has 0 unspecified atom stereocenters. The highest BCUT2D eigenvalue weighted by Crippen LogP contribution is 2.31. The molecule has 0 aliphatic rings. The van der Waals surface area contributed by atoms with E-state index in [1.54, 1.807) is 12.1 Å². The third-order valence-corrected chi connectivity index (χ3v) is 7.40. The van der Waals surface area contributed by atoms with E-state index >= 15 is 0 Å². The summed E-state index contributed by atoms with van der Waals surface area (Å²) in [6.45, 7) is 10.5. The van der Waals surface area contributed by atoms with Crippen LogP contribution in [0.25, 0.3) is 0 Å². The molecule has 0 aliphatic carbocycles. The smallest absolute Gasteiger partial charge is 0.240 e. The maximum atomic E-state index is 13.1. The minimum Gasteiger partial charge on any atom is -0.388 e. The molecule has 0 fully saturated rings. The van der Waals surface area contributed by atoms with Gasteiger partial charge in [0.15, 0.2) is 0 Å². The highest BCUT2D eigenvalue weighted by atomic mass is 32.2. The Balaban J connectivity index is 3.08. The molecule has 1 rings (SSSR count). The molecular weight excluding hydrogens is 394 g/mol. The summed E-state index contributed by atoms with van der Waals surface area (Å²) in [6.07, 6.45) is 10.5. The van der Waals surface area contributed by atoms with Crippen molar-refractivity contribution >= 4 is 10.0 Å². The minimum atomic E-state index is -3.69. The molecule has 0 spiro atoms. The summed E-state index contributed by atoms with van der Waals surface area (Å²) < 4.78 is 29.1. The van der Waals surface area contributed by atoms with Gasteiger partial charge in [-0.1, -0.05) is 96.8 Å². The van der Waals surface area contributed by atoms with Crippen molar-refractivity contribution in [1.29, 1.82) is 0 Å². The van der Waals surface area contributed by atoms with Crippen LogP contribution in [0.15, 0.2) is 29.2 Å². The second kappa shape index (κ2) is 13.5. The Hall–Kier alpha value is -0.910. The van der Waals surface area contributed by atoms with Crippen molar-refractivity contribution < 1.29 is 13.5 Å². The summed E-state index contributed by atoms with van der Waals surface area (Å²) in [6, 6.07) is 6.44. The quantitative estimate of drug-likeness (QED) is 0.294. The fourth-order valence-corrected chi connectivity index (χ4v) is 5.33. The molecule has 4 nitrogen and oxygen atoms in total. The number of aryl methyl sites for hydroxylation is 1. The lowest BCUT2D eigenvalue weighted by Crippen LogP contribution is -2.53. The van der Waals surface area contributed by atoms with Gasteiger partial charge in [-0.25, -0.2) is 13.1 Å². The topological polar surface area (TPSA) is 66.4 Å². The molecule has 1 atom stereocenters. The van der Waals surface area contributed by atoms with Crippen molar-refractivity contribution in [2.24, 2.45) is 5.92 Å². The first-order chi connectivity index (χ1) is 14.1. The lowest BCUT2D eigenvalue weighted by Gasteiger charge is -2.38. The molecular formula is C25H45NO3S. The van der Waals surface area contributed by atoms with E-state index < -0.39 is 21.7 Å². The Morgan fingerprint density at radius 3 is 1.83 bits per heavy atom. The number of benzene rings is 1. The van der Waals surface area contributed by atoms with E-state index in [1.807, 2.05) is 19.1 Å². The van der Waals surface area contributed by atoms with Crippen molar-refractivity contribution in [2.75, 3.05) is 0 Å². The monoisotopic (exact) mass is 439 g/mol. The van der Waals surface area contributed by atoms with Crippen LogP contribution in [0, 0.1) is 12.8 Å². The fourth-order valence-electron chi connectivity index (χ4n) is 4.01. The van der Waals surface area contributed by atoms with Gasteiger partial charge in [0.25, 0.3) is 0 Å². The number of rotatable bonds is 16. The van der Waals surface area contributed by atoms with E-state index in [2.05, 4.69) is 32.4 Å². The predicted molar refractivity (Wildman–Crippen MR) is 127 cm³/mol. The van der Waals surface area contributed by atoms with Crippen molar-refractivity contribution in [2.45, 2.75) is 122 Å². The van der Waals surface area contributed by atoms with Crippen LogP contribution in [0.1, 0.15) is 104 Å². The summed E-state index contributed by atoms with van der Waals surface area (Å²) in [5.41, 5.74) is 0.0137. The second-order valence-electron chi connectivity index (χ2n) is 9.34. The standard InChI is InChI=1S/C25H45NO3S/c1-6-8-10-12-18-25(27,19-13-11-9-7-2)24(20-21(3)4)26-30(28,29)23-16-14-22(5)15-17-23/h14-17,21,24,26-27H,6-13,18-20H2,1-5H3/t24-/m0/s1. The first-order valence-electron chi connectivity index (χ1n) is 12.0. The van der Waals surface area contributed by atoms with Crippen LogP contribution >= 0.6 is 0 Å². The Morgan fingerprint density at radius 1 is 0.900 bits per heavy atom. The summed E-state index contributed by atoms with van der Waals surface area (Å²) in [4.78, 5) is 0.265. The van der Waals surface area contributed by atoms with Crippen LogP contribution in [-0.2, 0) is 10.0 Å². The van der Waals surface area contributed by atoms with Crippen LogP contribution in [0.2, 0.25) is 0 Å². The zero-order valence-electron chi connectivity index (χ0n) is 19.9. The molecule has 0 saturated heterocycles. The molecule has 0 heterocycles. The molecule has 2 N–H and O–H groups in total. The number of nitrogens with one attached hydrogen (secondary N) is 1. The highest BCUT2D eigenvalue weighted by Gasteiger charge is 2.38. The Bertz CT molecular complexity index is 671. The Labute approximate surface area is 185 Å². The Morgan fingerprint density at radius 2 is 1.40 bits per heavy atom. The van der Waals surface area contributed by atoms with Crippen molar-refractivity contribution in [3.05, 3.63) is 29.8 Å². The number of hydrogen-bond acceptors (Lipinski definition) is 3. The van der Waals surface area contributed by atoms with E-state index in [-0.39, 0.29) is 10.8 Å². The summed E-state index contributed by atoms with van der Waals surface area (Å²) in [5, 5.41) is 11.7. The van der Waals surface area contributed by atoms with Gasteiger partial charge in [0.1, 0.15) is 0 Å². The molecule has 1 aromatic carbocycles. The van der Waals surface area contributed by atoms with Crippen LogP contribution in [0.3, 0.4) is 0 Å². The van der Waals surface area contributed by atoms with Crippen molar-refractivity contribution in [3.8, 4) is 0 Å². The van der Waals surface area contributed by atoms with E-state index in [4.69, 9.17) is 0 Å². The van der Waals surface area contributed by atoms with Crippen LogP contribution in [0.4, 0.5) is 0 Å². The molecule has 0 amide bonds. The lowest BCUT2D eigenvalue weighted by atomic mass is 9.80. The zero-order chi connectivity index (χ0) is 22.6. The molecule has 0 radical (unpaired) electrons. The molecule has 1 aromatic rings. The van der Waals surface area contributed by atoms with Gasteiger partial charge in [-0.3, -0.25) is 0 Å². The maximum absolute atomic E-state index is 13.1. The van der Waals surface area contributed by atoms with Crippen molar-refractivity contribution in [3.63, 3.8) is 0 Å². The third kappa shape index (κ3) is 9.49. The normalized spacial score (nSPS) is 13.7. The summed E-state index contributed by atoms with van der Waals surface area (Å²) in [7, 11) is -3.69. The van der Waals surface area contributed by atoms with E-state index in [0.29, 0.717) is 19.3 Å². The van der Waals surface area contributed by atoms with E-state index in [9.17, 15) is 13.5 Å². The molecule has 5 heteroatoms. The zero-order valence-corrected chi connectivity index (χ0v) is 20.7. The average molecular weight is 440 g/mol. The number of aliphatic hydroxyl groups is 1. The third-order valence-electron chi connectivity index (χ3n) is 5.91. The predicted octanol–water partition coefficient (Wildman–Crippen LogP) is 6.36. The SMILES string of the molecule is CCCCCCC(O)(CCCCCC)[C@H](CC(C)C)NS(=O)(=O)c1ccc(C)cc1. The molecule has 0 bridgehead atoms. The lowest BCUT2D eigenvalue weighted by molar-refractivity contribution is -0.0176. The summed E-state index contributed by atoms with van der Waals surface area (Å²) >= 11 is 0. The first kappa shape index (κ1) is 27.1. The van der Waals surface area contributed by atoms with Gasteiger partial charge in [-0.2, -0.15) is 0 Å².